The second-order valence-corrected chi connectivity index (χ2v) is 8.81. The first kappa shape index (κ1) is 21.3. The van der Waals surface area contributed by atoms with Crippen molar-refractivity contribution in [3.63, 3.8) is 0 Å². The van der Waals surface area contributed by atoms with Crippen molar-refractivity contribution in [1.29, 1.82) is 5.53 Å². The van der Waals surface area contributed by atoms with E-state index in [0.29, 0.717) is 18.0 Å². The lowest BCUT2D eigenvalue weighted by atomic mass is 9.98. The minimum Gasteiger partial charge on any atom is -0.368 e. The van der Waals surface area contributed by atoms with E-state index in [9.17, 15) is 0 Å². The number of hydrogen-bond donors (Lipinski definition) is 2. The summed E-state index contributed by atoms with van der Waals surface area (Å²) in [6, 6.07) is 8.14. The predicted octanol–water partition coefficient (Wildman–Crippen LogP) is 3.32. The van der Waals surface area contributed by atoms with Gasteiger partial charge in [0.1, 0.15) is 5.82 Å². The number of piperazine rings is 1. The summed E-state index contributed by atoms with van der Waals surface area (Å²) < 4.78 is 15.2. The zero-order valence-corrected chi connectivity index (χ0v) is 18.0. The van der Waals surface area contributed by atoms with Crippen molar-refractivity contribution in [3.8, 4) is 0 Å². The number of hydrogen-bond acceptors (Lipinski definition) is 7. The third kappa shape index (κ3) is 4.41. The van der Waals surface area contributed by atoms with E-state index in [1.807, 2.05) is 18.2 Å². The summed E-state index contributed by atoms with van der Waals surface area (Å²) in [6.07, 6.45) is 4.64. The zero-order valence-electron chi connectivity index (χ0n) is 18.0. The highest BCUT2D eigenvalue weighted by molar-refractivity contribution is 6.04. The number of nitrogens with zero attached hydrogens (tertiary/aromatic N) is 6. The van der Waals surface area contributed by atoms with Gasteiger partial charge in [-0.15, -0.1) is 5.11 Å². The molecule has 0 aliphatic carbocycles. The molecule has 2 aromatic rings. The lowest BCUT2D eigenvalue weighted by Gasteiger charge is -2.42. The van der Waals surface area contributed by atoms with Crippen molar-refractivity contribution in [2.75, 3.05) is 18.0 Å². The molecule has 2 aliphatic rings. The van der Waals surface area contributed by atoms with Crippen LogP contribution in [0.5, 0.6) is 0 Å². The van der Waals surface area contributed by atoms with Crippen LogP contribution in [0, 0.1) is 17.3 Å². The second-order valence-electron chi connectivity index (χ2n) is 8.81. The minimum atomic E-state index is -0.428. The number of hydrazone groups is 1. The van der Waals surface area contributed by atoms with Gasteiger partial charge in [-0.05, 0) is 55.0 Å². The number of aromatic nitrogens is 2. The first-order valence-corrected chi connectivity index (χ1v) is 10.8. The van der Waals surface area contributed by atoms with Gasteiger partial charge in [0.25, 0.3) is 0 Å². The van der Waals surface area contributed by atoms with E-state index < -0.39 is 5.82 Å². The Morgan fingerprint density at radius 3 is 2.61 bits per heavy atom. The maximum atomic E-state index is 15.2. The first-order valence-electron chi connectivity index (χ1n) is 10.8. The highest BCUT2D eigenvalue weighted by Crippen LogP contribution is 2.36. The zero-order chi connectivity index (χ0) is 22.0. The first-order chi connectivity index (χ1) is 15.0. The van der Waals surface area contributed by atoms with E-state index in [-0.39, 0.29) is 11.4 Å². The fourth-order valence-electron chi connectivity index (χ4n) is 4.91. The number of rotatable bonds is 6. The molecule has 9 heteroatoms. The molecule has 0 radical (unpaired) electrons. The van der Waals surface area contributed by atoms with Crippen molar-refractivity contribution in [1.82, 2.24) is 15.1 Å². The molecule has 2 bridgehead atoms. The summed E-state index contributed by atoms with van der Waals surface area (Å²) in [5, 5.41) is 15.2. The molecular formula is C22H29FN8. The van der Waals surface area contributed by atoms with Crippen molar-refractivity contribution in [3.05, 3.63) is 53.1 Å². The molecule has 164 valence electrons. The van der Waals surface area contributed by atoms with Gasteiger partial charge in [-0.2, -0.15) is 15.3 Å². The summed E-state index contributed by atoms with van der Waals surface area (Å²) in [7, 11) is 0. The van der Waals surface area contributed by atoms with Crippen LogP contribution in [-0.4, -0.2) is 46.1 Å². The molecule has 4 rings (SSSR count). The van der Waals surface area contributed by atoms with E-state index in [2.05, 4.69) is 44.1 Å². The minimum absolute atomic E-state index is 0.0852. The van der Waals surface area contributed by atoms with Crippen LogP contribution in [0.1, 0.15) is 43.5 Å². The largest absolute Gasteiger partial charge is 0.368 e. The van der Waals surface area contributed by atoms with Crippen LogP contribution in [-0.2, 0) is 13.0 Å². The van der Waals surface area contributed by atoms with Crippen LogP contribution in [0.2, 0.25) is 0 Å². The number of anilines is 1. The van der Waals surface area contributed by atoms with Crippen LogP contribution in [0.25, 0.3) is 0 Å². The van der Waals surface area contributed by atoms with Crippen molar-refractivity contribution >= 4 is 11.5 Å². The molecule has 8 nitrogen and oxygen atoms in total. The summed E-state index contributed by atoms with van der Waals surface area (Å²) in [5.41, 5.74) is 10.3. The quantitative estimate of drug-likeness (QED) is 0.243. The fraction of sp³-hybridized carbons (Fsp3) is 0.500. The molecule has 3 N–H and O–H groups in total. The molecule has 2 fully saturated rings. The molecule has 1 aromatic heterocycles. The Balaban J connectivity index is 1.65. The van der Waals surface area contributed by atoms with E-state index in [1.165, 1.54) is 6.07 Å². The molecule has 0 amide bonds. The monoisotopic (exact) mass is 424 g/mol. The third-order valence-corrected chi connectivity index (χ3v) is 6.17. The predicted molar refractivity (Wildman–Crippen MR) is 117 cm³/mol. The molecular weight excluding hydrogens is 395 g/mol. The maximum Gasteiger partial charge on any atom is 0.204 e. The maximum absolute atomic E-state index is 15.2. The molecule has 3 heterocycles. The molecule has 0 spiro atoms. The average Bonchev–Trinajstić information content (AvgIpc) is 2.97. The van der Waals surface area contributed by atoms with Crippen LogP contribution < -0.4 is 10.7 Å². The highest BCUT2D eigenvalue weighted by atomic mass is 19.1. The number of nitrogens with one attached hydrogen (secondary N) is 1. The molecule has 31 heavy (non-hydrogen) atoms. The Hall–Kier alpha value is -2.94. The Kier molecular flexibility index (Phi) is 6.22. The smallest absolute Gasteiger partial charge is 0.204 e. The van der Waals surface area contributed by atoms with Gasteiger partial charge in [0, 0.05) is 37.9 Å². The van der Waals surface area contributed by atoms with E-state index >= 15 is 4.39 Å². The highest BCUT2D eigenvalue weighted by Gasteiger charge is 2.41. The Morgan fingerprint density at radius 1 is 1.29 bits per heavy atom. The van der Waals surface area contributed by atoms with E-state index in [0.717, 1.165) is 55.8 Å². The average molecular weight is 425 g/mol. The SMILES string of the molecule is CC(C)Cc1cc(F)c(C(N=N)=NN)c(N2CC3CCC(C2)N3Cc2cccnn2)c1. The van der Waals surface area contributed by atoms with Crippen molar-refractivity contribution in [2.45, 2.75) is 51.7 Å². The van der Waals surface area contributed by atoms with Crippen molar-refractivity contribution in [2.24, 2.45) is 22.0 Å². The number of halogens is 1. The lowest BCUT2D eigenvalue weighted by molar-refractivity contribution is 0.158. The third-order valence-electron chi connectivity index (χ3n) is 6.17. The number of benzene rings is 1. The van der Waals surface area contributed by atoms with Gasteiger partial charge in [0.15, 0.2) is 0 Å². The summed E-state index contributed by atoms with van der Waals surface area (Å²) in [4.78, 5) is 4.70. The lowest BCUT2D eigenvalue weighted by Crippen LogP contribution is -2.53. The fourth-order valence-corrected chi connectivity index (χ4v) is 4.91. The van der Waals surface area contributed by atoms with Crippen molar-refractivity contribution < 1.29 is 4.39 Å². The van der Waals surface area contributed by atoms with Gasteiger partial charge in [0.2, 0.25) is 5.84 Å². The summed E-state index contributed by atoms with van der Waals surface area (Å²) >= 11 is 0. The number of fused-ring (bicyclic) bond motifs is 2. The normalized spacial score (nSPS) is 21.7. The Morgan fingerprint density at radius 2 is 2.03 bits per heavy atom. The topological polar surface area (TPSA) is 107 Å². The molecule has 2 unspecified atom stereocenters. The molecule has 1 aromatic carbocycles. The Labute approximate surface area is 181 Å². The van der Waals surface area contributed by atoms with Crippen LogP contribution in [0.4, 0.5) is 10.1 Å². The molecule has 2 saturated heterocycles. The van der Waals surface area contributed by atoms with Crippen LogP contribution in [0.15, 0.2) is 40.7 Å². The van der Waals surface area contributed by atoms with Gasteiger partial charge in [-0.25, -0.2) is 9.92 Å². The molecule has 2 aliphatic heterocycles. The number of amidine groups is 1. The van der Waals surface area contributed by atoms with Gasteiger partial charge >= 0.3 is 0 Å². The summed E-state index contributed by atoms with van der Waals surface area (Å²) in [6.45, 7) is 6.53. The van der Waals surface area contributed by atoms with Crippen LogP contribution in [0.3, 0.4) is 0 Å². The van der Waals surface area contributed by atoms with Gasteiger partial charge in [0.05, 0.1) is 16.9 Å². The van der Waals surface area contributed by atoms with Gasteiger partial charge in [-0.1, -0.05) is 13.8 Å². The van der Waals surface area contributed by atoms with Gasteiger partial charge < -0.3 is 10.7 Å². The summed E-state index contributed by atoms with van der Waals surface area (Å²) in [5.74, 6) is 5.34. The second kappa shape index (κ2) is 9.05. The Bertz CT molecular complexity index is 947. The van der Waals surface area contributed by atoms with Gasteiger partial charge in [-0.3, -0.25) is 4.90 Å². The molecule has 2 atom stereocenters. The number of nitrogens with two attached hydrogens (primary N) is 1. The molecule has 0 saturated carbocycles. The van der Waals surface area contributed by atoms with E-state index in [4.69, 9.17) is 11.4 Å². The van der Waals surface area contributed by atoms with E-state index in [1.54, 1.807) is 6.20 Å². The van der Waals surface area contributed by atoms with Crippen LogP contribution >= 0.6 is 0 Å². The standard InChI is InChI=1S/C22H29FN8/c1-14(2)8-15-9-19(23)21(22(27-24)28-25)20(10-15)30-12-17-5-6-18(13-30)31(17)11-16-4-3-7-26-29-16/h3-4,7,9-10,14,17-18,24H,5-6,8,11-13,25H2,1-2H3.